The van der Waals surface area contributed by atoms with Crippen LogP contribution in [0.1, 0.15) is 18.5 Å². The normalized spacial score (nSPS) is 15.7. The molecule has 2 heterocycles. The second-order valence-corrected chi connectivity index (χ2v) is 8.90. The summed E-state index contributed by atoms with van der Waals surface area (Å²) in [6.45, 7) is 1.77. The molecular formula is C21H17ClN4O3S. The van der Waals surface area contributed by atoms with E-state index in [-0.39, 0.29) is 10.7 Å². The fourth-order valence-corrected chi connectivity index (χ4v) is 4.52. The van der Waals surface area contributed by atoms with E-state index in [1.54, 1.807) is 31.2 Å². The van der Waals surface area contributed by atoms with Crippen LogP contribution in [-0.4, -0.2) is 24.4 Å². The van der Waals surface area contributed by atoms with Crippen molar-refractivity contribution in [1.82, 2.24) is 10.3 Å². The highest BCUT2D eigenvalue weighted by Gasteiger charge is 2.39. The van der Waals surface area contributed by atoms with Crippen LogP contribution in [0.25, 0.3) is 0 Å². The van der Waals surface area contributed by atoms with Gasteiger partial charge in [-0.15, -0.1) is 5.10 Å². The Hall–Kier alpha value is -3.23. The van der Waals surface area contributed by atoms with Gasteiger partial charge in [-0.3, -0.25) is 4.79 Å². The Balaban J connectivity index is 1.76. The Morgan fingerprint density at radius 1 is 1.03 bits per heavy atom. The van der Waals surface area contributed by atoms with E-state index in [9.17, 15) is 13.2 Å². The minimum Gasteiger partial charge on any atom is -0.343 e. The van der Waals surface area contributed by atoms with Crippen LogP contribution in [0.3, 0.4) is 0 Å². The molecule has 0 saturated heterocycles. The Morgan fingerprint density at radius 3 is 2.43 bits per heavy atom. The number of sulfone groups is 1. The molecule has 0 saturated carbocycles. The van der Waals surface area contributed by atoms with Crippen molar-refractivity contribution in [3.8, 4) is 0 Å². The van der Waals surface area contributed by atoms with Crippen LogP contribution in [0, 0.1) is 0 Å². The summed E-state index contributed by atoms with van der Waals surface area (Å²) in [7, 11) is -4.15. The summed E-state index contributed by atoms with van der Waals surface area (Å²) < 4.78 is 26.2. The number of anilines is 2. The predicted molar refractivity (Wildman–Crippen MR) is 115 cm³/mol. The van der Waals surface area contributed by atoms with Gasteiger partial charge in [0.05, 0.1) is 11.7 Å². The number of nitrogens with zero attached hydrogens (tertiary/aromatic N) is 3. The van der Waals surface area contributed by atoms with E-state index in [2.05, 4.69) is 15.4 Å². The van der Waals surface area contributed by atoms with E-state index < -0.39 is 26.8 Å². The molecule has 1 aliphatic rings. The average molecular weight is 441 g/mol. The fraction of sp³-hybridized carbons (Fsp3) is 0.0952. The molecule has 1 aromatic heterocycles. The highest BCUT2D eigenvalue weighted by molar-refractivity contribution is 8.08. The van der Waals surface area contributed by atoms with E-state index in [1.165, 1.54) is 23.3 Å². The number of rotatable bonds is 4. The summed E-state index contributed by atoms with van der Waals surface area (Å²) in [5.41, 5.74) is 1.37. The van der Waals surface area contributed by atoms with Gasteiger partial charge in [0.2, 0.25) is 14.9 Å². The molecular weight excluding hydrogens is 424 g/mol. The Labute approximate surface area is 178 Å². The lowest BCUT2D eigenvalue weighted by Crippen LogP contribution is -2.41. The van der Waals surface area contributed by atoms with E-state index >= 15 is 0 Å². The average Bonchev–Trinajstić information content (AvgIpc) is 2.75. The summed E-state index contributed by atoms with van der Waals surface area (Å²) in [5.74, 6) is -0.674. The second-order valence-electron chi connectivity index (χ2n) is 6.63. The minimum absolute atomic E-state index is 0.0903. The number of pyridine rings is 1. The summed E-state index contributed by atoms with van der Waals surface area (Å²) in [4.78, 5) is 17.0. The lowest BCUT2D eigenvalue weighted by molar-refractivity contribution is -0.115. The molecule has 0 aliphatic carbocycles. The molecule has 0 bridgehead atoms. The number of hydrogen-bond donors (Lipinski definition) is 1. The molecule has 30 heavy (non-hydrogen) atoms. The van der Waals surface area contributed by atoms with Crippen molar-refractivity contribution < 1.29 is 13.2 Å². The van der Waals surface area contributed by atoms with Gasteiger partial charge in [0, 0.05) is 11.2 Å². The number of carbonyl (C=O) groups excluding carboxylic acids is 1. The molecule has 1 atom stereocenters. The minimum atomic E-state index is -4.15. The number of hydrazone groups is 1. The first kappa shape index (κ1) is 20.1. The molecule has 152 valence electrons. The molecule has 9 heteroatoms. The Bertz CT molecular complexity index is 1230. The van der Waals surface area contributed by atoms with Gasteiger partial charge >= 0.3 is 0 Å². The summed E-state index contributed by atoms with van der Waals surface area (Å²) in [6, 6.07) is 18.4. The van der Waals surface area contributed by atoms with Crippen LogP contribution in [-0.2, 0) is 14.6 Å². The number of hydrogen-bond acceptors (Lipinski definition) is 6. The van der Waals surface area contributed by atoms with Crippen molar-refractivity contribution >= 4 is 43.9 Å². The summed E-state index contributed by atoms with van der Waals surface area (Å²) in [6.07, 6.45) is 1.47. The van der Waals surface area contributed by atoms with Gasteiger partial charge in [0.1, 0.15) is 4.90 Å². The standard InChI is InChI=1S/C21H17ClN4O3S/c1-14(15-6-3-2-4-7-15)24-20(27)21-25-26(17-11-9-16(22)10-12-17)19-18(30(21,28)29)8-5-13-23-19/h2-14H,1H3,(H,24,27)/t14-/m0/s1. The first-order chi connectivity index (χ1) is 14.4. The topological polar surface area (TPSA) is 91.7 Å². The SMILES string of the molecule is C[C@H](NC(=O)C1=NN(c2ccc(Cl)cc2)c2ncccc2S1(=O)=O)c1ccccc1. The molecule has 0 spiro atoms. The largest absolute Gasteiger partial charge is 0.343 e. The molecule has 1 aliphatic heterocycles. The van der Waals surface area contributed by atoms with Gasteiger partial charge in [-0.05, 0) is 48.9 Å². The van der Waals surface area contributed by atoms with Crippen LogP contribution >= 0.6 is 11.6 Å². The van der Waals surface area contributed by atoms with E-state index in [1.807, 2.05) is 30.3 Å². The maximum Gasteiger partial charge on any atom is 0.284 e. The molecule has 0 radical (unpaired) electrons. The molecule has 0 fully saturated rings. The fourth-order valence-electron chi connectivity index (χ4n) is 3.06. The molecule has 0 unspecified atom stereocenters. The monoisotopic (exact) mass is 440 g/mol. The van der Waals surface area contributed by atoms with Gasteiger partial charge in [-0.2, -0.15) is 0 Å². The third-order valence-corrected chi connectivity index (χ3v) is 6.52. The first-order valence-electron chi connectivity index (χ1n) is 9.08. The van der Waals surface area contributed by atoms with Crippen molar-refractivity contribution in [2.75, 3.05) is 5.01 Å². The number of halogens is 1. The second kappa shape index (κ2) is 7.89. The predicted octanol–water partition coefficient (Wildman–Crippen LogP) is 3.85. The van der Waals surface area contributed by atoms with Gasteiger partial charge in [0.25, 0.3) is 5.91 Å². The third kappa shape index (κ3) is 3.67. The number of carbonyl (C=O) groups is 1. The van der Waals surface area contributed by atoms with Crippen LogP contribution in [0.5, 0.6) is 0 Å². The molecule has 7 nitrogen and oxygen atoms in total. The van der Waals surface area contributed by atoms with Crippen molar-refractivity contribution in [2.24, 2.45) is 5.10 Å². The zero-order valence-electron chi connectivity index (χ0n) is 15.9. The van der Waals surface area contributed by atoms with Gasteiger partial charge in [-0.25, -0.2) is 18.4 Å². The molecule has 2 aromatic carbocycles. The van der Waals surface area contributed by atoms with Crippen LogP contribution in [0.15, 0.2) is 82.9 Å². The number of fused-ring (bicyclic) bond motifs is 1. The van der Waals surface area contributed by atoms with E-state index in [4.69, 9.17) is 11.6 Å². The quantitative estimate of drug-likeness (QED) is 0.665. The van der Waals surface area contributed by atoms with E-state index in [0.29, 0.717) is 10.7 Å². The van der Waals surface area contributed by atoms with Gasteiger partial charge in [0.15, 0.2) is 5.82 Å². The molecule has 1 amide bonds. The highest BCUT2D eigenvalue weighted by atomic mass is 35.5. The lowest BCUT2D eigenvalue weighted by Gasteiger charge is -2.26. The lowest BCUT2D eigenvalue weighted by atomic mass is 10.1. The zero-order valence-corrected chi connectivity index (χ0v) is 17.4. The van der Waals surface area contributed by atoms with Crippen molar-refractivity contribution in [3.05, 3.63) is 83.5 Å². The van der Waals surface area contributed by atoms with Crippen molar-refractivity contribution in [3.63, 3.8) is 0 Å². The first-order valence-corrected chi connectivity index (χ1v) is 10.9. The number of amides is 1. The number of benzene rings is 2. The smallest absolute Gasteiger partial charge is 0.284 e. The van der Waals surface area contributed by atoms with Crippen LogP contribution < -0.4 is 10.3 Å². The number of aromatic nitrogens is 1. The summed E-state index contributed by atoms with van der Waals surface area (Å²) in [5, 5.41) is 8.13. The number of nitrogens with one attached hydrogen (secondary N) is 1. The molecule has 4 rings (SSSR count). The summed E-state index contributed by atoms with van der Waals surface area (Å²) >= 11 is 5.96. The van der Waals surface area contributed by atoms with Crippen molar-refractivity contribution in [2.45, 2.75) is 17.9 Å². The maximum atomic E-state index is 13.1. The van der Waals surface area contributed by atoms with Gasteiger partial charge in [-0.1, -0.05) is 41.9 Å². The maximum absolute atomic E-state index is 13.1. The van der Waals surface area contributed by atoms with Crippen LogP contribution in [0.4, 0.5) is 11.5 Å². The Morgan fingerprint density at radius 2 is 1.73 bits per heavy atom. The third-order valence-electron chi connectivity index (χ3n) is 4.60. The Kier molecular flexibility index (Phi) is 5.27. The highest BCUT2D eigenvalue weighted by Crippen LogP contribution is 2.35. The zero-order chi connectivity index (χ0) is 21.3. The van der Waals surface area contributed by atoms with Gasteiger partial charge < -0.3 is 5.32 Å². The van der Waals surface area contributed by atoms with E-state index in [0.717, 1.165) is 5.56 Å². The molecule has 1 N–H and O–H groups in total. The molecule has 3 aromatic rings. The van der Waals surface area contributed by atoms with Crippen LogP contribution in [0.2, 0.25) is 5.02 Å². The van der Waals surface area contributed by atoms with Crippen molar-refractivity contribution in [1.29, 1.82) is 0 Å².